The van der Waals surface area contributed by atoms with Gasteiger partial charge in [0.25, 0.3) is 10.0 Å². The quantitative estimate of drug-likeness (QED) is 0.666. The summed E-state index contributed by atoms with van der Waals surface area (Å²) in [6, 6.07) is 8.05. The Balaban J connectivity index is 2.09. The van der Waals surface area contributed by atoms with Gasteiger partial charge < -0.3 is 10.4 Å². The molecule has 0 saturated heterocycles. The van der Waals surface area contributed by atoms with Crippen molar-refractivity contribution in [1.29, 1.82) is 0 Å². The number of hydrogen-bond acceptors (Lipinski definition) is 4. The monoisotopic (exact) mass is 398 g/mol. The van der Waals surface area contributed by atoms with Gasteiger partial charge >= 0.3 is 0 Å². The van der Waals surface area contributed by atoms with Gasteiger partial charge in [-0.25, -0.2) is 17.2 Å². The number of aliphatic hydroxyl groups excluding tert-OH is 1. The highest BCUT2D eigenvalue weighted by molar-refractivity contribution is 7.92. The molecule has 6 nitrogen and oxygen atoms in total. The van der Waals surface area contributed by atoms with Crippen LogP contribution in [-0.4, -0.2) is 31.6 Å². The Morgan fingerprint density at radius 3 is 2.33 bits per heavy atom. The van der Waals surface area contributed by atoms with E-state index in [1.807, 2.05) is 0 Å². The Bertz CT molecular complexity index is 929. The van der Waals surface area contributed by atoms with E-state index < -0.39 is 32.1 Å². The van der Waals surface area contributed by atoms with Crippen LogP contribution in [0.5, 0.6) is 0 Å². The molecule has 146 valence electrons. The van der Waals surface area contributed by atoms with Gasteiger partial charge in [0.05, 0.1) is 18.6 Å². The maximum absolute atomic E-state index is 13.7. The van der Waals surface area contributed by atoms with Gasteiger partial charge in [0, 0.05) is 5.69 Å². The second kappa shape index (κ2) is 8.01. The smallest absolute Gasteiger partial charge is 0.264 e. The number of carbonyl (C=O) groups is 1. The molecular weight excluding hydrogens is 378 g/mol. The van der Waals surface area contributed by atoms with Crippen LogP contribution < -0.4 is 10.0 Å². The molecule has 0 unspecified atom stereocenters. The van der Waals surface area contributed by atoms with Crippen LogP contribution in [0.4, 0.5) is 14.5 Å². The number of amides is 1. The fourth-order valence-corrected chi connectivity index (χ4v) is 3.38. The lowest BCUT2D eigenvalue weighted by atomic mass is 10.1. The highest BCUT2D eigenvalue weighted by Gasteiger charge is 2.21. The van der Waals surface area contributed by atoms with E-state index in [2.05, 4.69) is 10.0 Å². The van der Waals surface area contributed by atoms with E-state index >= 15 is 0 Å². The molecule has 2 aromatic rings. The predicted octanol–water partition coefficient (Wildman–Crippen LogP) is 2.20. The molecule has 27 heavy (non-hydrogen) atoms. The maximum Gasteiger partial charge on any atom is 0.264 e. The van der Waals surface area contributed by atoms with Gasteiger partial charge in [0.1, 0.15) is 16.5 Å². The highest BCUT2D eigenvalue weighted by Crippen LogP contribution is 2.20. The minimum atomic E-state index is -4.30. The zero-order valence-electron chi connectivity index (χ0n) is 14.8. The van der Waals surface area contributed by atoms with Crippen LogP contribution in [0.1, 0.15) is 19.4 Å². The number of hydrogen-bond donors (Lipinski definition) is 3. The molecule has 1 amide bonds. The fourth-order valence-electron chi connectivity index (χ4n) is 2.23. The number of sulfonamides is 1. The molecule has 0 spiro atoms. The van der Waals surface area contributed by atoms with Crippen molar-refractivity contribution in [2.75, 3.05) is 11.3 Å². The number of aliphatic hydroxyl groups is 1. The van der Waals surface area contributed by atoms with Crippen molar-refractivity contribution in [3.05, 3.63) is 59.7 Å². The summed E-state index contributed by atoms with van der Waals surface area (Å²) in [5.41, 5.74) is 0.00133. The molecule has 0 aliphatic heterocycles. The summed E-state index contributed by atoms with van der Waals surface area (Å²) < 4.78 is 53.5. The SMILES string of the molecule is CC(C)(CO)NC(=O)Cc1ccc(NS(=O)(=O)c2cc(F)ccc2F)cc1. The predicted molar refractivity (Wildman–Crippen MR) is 96.6 cm³/mol. The van der Waals surface area contributed by atoms with E-state index in [9.17, 15) is 22.0 Å². The van der Waals surface area contributed by atoms with Gasteiger partial charge in [0.15, 0.2) is 0 Å². The van der Waals surface area contributed by atoms with Crippen LogP contribution in [0.15, 0.2) is 47.4 Å². The average molecular weight is 398 g/mol. The Hall–Kier alpha value is -2.52. The van der Waals surface area contributed by atoms with Gasteiger partial charge in [-0.2, -0.15) is 0 Å². The molecule has 2 rings (SSSR count). The molecule has 0 atom stereocenters. The van der Waals surface area contributed by atoms with Gasteiger partial charge in [-0.15, -0.1) is 0 Å². The molecule has 0 aromatic heterocycles. The third-order valence-corrected chi connectivity index (χ3v) is 5.02. The number of anilines is 1. The first-order valence-corrected chi connectivity index (χ1v) is 9.49. The van der Waals surface area contributed by atoms with Gasteiger partial charge in [0.2, 0.25) is 5.91 Å². The number of nitrogens with one attached hydrogen (secondary N) is 2. The second-order valence-corrected chi connectivity index (χ2v) is 8.29. The van der Waals surface area contributed by atoms with Crippen molar-refractivity contribution in [1.82, 2.24) is 5.32 Å². The number of rotatable bonds is 7. The zero-order valence-corrected chi connectivity index (χ0v) is 15.6. The minimum Gasteiger partial charge on any atom is -0.394 e. The molecular formula is C18H20F2N2O4S. The summed E-state index contributed by atoms with van der Waals surface area (Å²) >= 11 is 0. The maximum atomic E-state index is 13.7. The molecule has 0 heterocycles. The van der Waals surface area contributed by atoms with Crippen molar-refractivity contribution in [3.63, 3.8) is 0 Å². The summed E-state index contributed by atoms with van der Waals surface area (Å²) in [5, 5.41) is 11.8. The van der Waals surface area contributed by atoms with Crippen molar-refractivity contribution < 1.29 is 27.1 Å². The molecule has 0 aliphatic rings. The second-order valence-electron chi connectivity index (χ2n) is 6.64. The van der Waals surface area contributed by atoms with E-state index in [0.717, 1.165) is 12.1 Å². The third-order valence-electron chi connectivity index (χ3n) is 3.63. The lowest BCUT2D eigenvalue weighted by Crippen LogP contribution is -2.46. The summed E-state index contributed by atoms with van der Waals surface area (Å²) in [7, 11) is -4.30. The number of halogens is 2. The molecule has 3 N–H and O–H groups in total. The largest absolute Gasteiger partial charge is 0.394 e. The zero-order chi connectivity index (χ0) is 20.2. The van der Waals surface area contributed by atoms with E-state index in [4.69, 9.17) is 5.11 Å². The Morgan fingerprint density at radius 1 is 1.11 bits per heavy atom. The molecule has 0 aliphatic carbocycles. The normalized spacial score (nSPS) is 11.9. The summed E-state index contributed by atoms with van der Waals surface area (Å²) in [6.45, 7) is 3.14. The molecule has 0 fully saturated rings. The minimum absolute atomic E-state index is 0.0367. The molecule has 0 saturated carbocycles. The van der Waals surface area contributed by atoms with Gasteiger partial charge in [-0.05, 0) is 49.7 Å². The third kappa shape index (κ3) is 5.73. The van der Waals surface area contributed by atoms with Crippen molar-refractivity contribution in [2.24, 2.45) is 0 Å². The first-order chi connectivity index (χ1) is 12.5. The first kappa shape index (κ1) is 20.8. The lowest BCUT2D eigenvalue weighted by Gasteiger charge is -2.23. The number of benzene rings is 2. The van der Waals surface area contributed by atoms with Gasteiger partial charge in [-0.1, -0.05) is 12.1 Å². The Labute approximate surface area is 156 Å². The summed E-state index contributed by atoms with van der Waals surface area (Å²) in [5.74, 6) is -2.24. The van der Waals surface area contributed by atoms with Crippen LogP contribution in [-0.2, 0) is 21.2 Å². The number of carbonyl (C=O) groups excluding carboxylic acids is 1. The summed E-state index contributed by atoms with van der Waals surface area (Å²) in [4.78, 5) is 11.1. The van der Waals surface area contributed by atoms with Gasteiger partial charge in [-0.3, -0.25) is 9.52 Å². The van der Waals surface area contributed by atoms with Crippen molar-refractivity contribution in [2.45, 2.75) is 30.7 Å². The lowest BCUT2D eigenvalue weighted by molar-refractivity contribution is -0.122. The van der Waals surface area contributed by atoms with Crippen LogP contribution in [0, 0.1) is 11.6 Å². The van der Waals surface area contributed by atoms with E-state index in [1.54, 1.807) is 13.8 Å². The van der Waals surface area contributed by atoms with E-state index in [1.165, 1.54) is 24.3 Å². The summed E-state index contributed by atoms with van der Waals surface area (Å²) in [6.07, 6.45) is 0.0367. The highest BCUT2D eigenvalue weighted by atomic mass is 32.2. The first-order valence-electron chi connectivity index (χ1n) is 8.01. The Morgan fingerprint density at radius 2 is 1.74 bits per heavy atom. The topological polar surface area (TPSA) is 95.5 Å². The van der Waals surface area contributed by atoms with Crippen molar-refractivity contribution in [3.8, 4) is 0 Å². The van der Waals surface area contributed by atoms with Crippen LogP contribution in [0.25, 0.3) is 0 Å². The average Bonchev–Trinajstić information content (AvgIpc) is 2.58. The Kier molecular flexibility index (Phi) is 6.17. The van der Waals surface area contributed by atoms with Crippen LogP contribution in [0.3, 0.4) is 0 Å². The standard InChI is InChI=1S/C18H20F2N2O4S/c1-18(2,11-23)21-17(24)9-12-3-6-14(7-4-12)22-27(25,26)16-10-13(19)5-8-15(16)20/h3-8,10,22-23H,9,11H2,1-2H3,(H,21,24). The fraction of sp³-hybridized carbons (Fsp3) is 0.278. The van der Waals surface area contributed by atoms with Crippen molar-refractivity contribution >= 4 is 21.6 Å². The van der Waals surface area contributed by atoms with E-state index in [-0.39, 0.29) is 24.6 Å². The molecule has 2 aromatic carbocycles. The van der Waals surface area contributed by atoms with E-state index in [0.29, 0.717) is 11.6 Å². The molecule has 0 bridgehead atoms. The molecule has 0 radical (unpaired) electrons. The van der Waals surface area contributed by atoms with Crippen LogP contribution in [0.2, 0.25) is 0 Å². The molecule has 9 heteroatoms. The van der Waals surface area contributed by atoms with Crippen LogP contribution >= 0.6 is 0 Å².